The van der Waals surface area contributed by atoms with Gasteiger partial charge in [-0.2, -0.15) is 4.98 Å². The van der Waals surface area contributed by atoms with Crippen molar-refractivity contribution in [2.75, 3.05) is 6.26 Å². The average molecular weight is 527 g/mol. The normalized spacial score (nSPS) is 19.6. The largest absolute Gasteiger partial charge is 0.467 e. The lowest BCUT2D eigenvalue weighted by atomic mass is 9.79. The number of rotatable bonds is 7. The smallest absolute Gasteiger partial charge is 0.276 e. The Balaban J connectivity index is 1.22. The summed E-state index contributed by atoms with van der Waals surface area (Å²) in [5.41, 5.74) is 2.41. The fraction of sp³-hybridized carbons (Fsp3) is 0.462. The van der Waals surface area contributed by atoms with Crippen molar-refractivity contribution in [1.29, 1.82) is 0 Å². The van der Waals surface area contributed by atoms with Crippen LogP contribution in [0.2, 0.25) is 0 Å². The van der Waals surface area contributed by atoms with Crippen LogP contribution in [0.25, 0.3) is 21.6 Å². The topological polar surface area (TPSA) is 108 Å². The molecule has 5 rings (SSSR count). The Bertz CT molecular complexity index is 1450. The monoisotopic (exact) mass is 526 g/mol. The highest BCUT2D eigenvalue weighted by atomic mass is 32.2. The summed E-state index contributed by atoms with van der Waals surface area (Å²) in [4.78, 5) is 15.0. The molecule has 3 heterocycles. The molecule has 0 N–H and O–H groups in total. The maximum Gasteiger partial charge on any atom is 0.276 e. The van der Waals surface area contributed by atoms with Gasteiger partial charge < -0.3 is 9.26 Å². The Morgan fingerprint density at radius 1 is 0.972 bits per heavy atom. The molecule has 1 aliphatic carbocycles. The first-order chi connectivity index (χ1) is 17.2. The molecule has 0 bridgehead atoms. The first-order valence-corrected chi connectivity index (χ1v) is 15.0. The van der Waals surface area contributed by atoms with Gasteiger partial charge in [0, 0.05) is 23.7 Å². The maximum atomic E-state index is 11.7. The van der Waals surface area contributed by atoms with E-state index in [4.69, 9.17) is 14.2 Å². The molecule has 0 amide bonds. The van der Waals surface area contributed by atoms with E-state index >= 15 is 0 Å². The molecule has 1 aromatic carbocycles. The summed E-state index contributed by atoms with van der Waals surface area (Å²) in [6.07, 6.45) is 5.36. The van der Waals surface area contributed by atoms with E-state index in [2.05, 4.69) is 35.9 Å². The summed E-state index contributed by atoms with van der Waals surface area (Å²) in [5, 5.41) is 4.73. The fourth-order valence-electron chi connectivity index (χ4n) is 4.62. The molecular formula is C26H30N4O4S2. The SMILES string of the molecule is CC(C)c1noc(C2CCC(C(C)Oc3nc4ccc(-c5ccc(S(C)(=O)=O)cc5)nc4s3)CC2)n1. The minimum atomic E-state index is -3.23. The Morgan fingerprint density at radius 3 is 2.33 bits per heavy atom. The molecule has 10 heteroatoms. The predicted octanol–water partition coefficient (Wildman–Crippen LogP) is 6.01. The molecule has 0 spiro atoms. The molecule has 0 radical (unpaired) electrons. The lowest BCUT2D eigenvalue weighted by molar-refractivity contribution is 0.114. The molecule has 0 saturated heterocycles. The molecule has 1 aliphatic rings. The number of nitrogens with zero attached hydrogens (tertiary/aromatic N) is 4. The highest BCUT2D eigenvalue weighted by Gasteiger charge is 2.30. The molecule has 8 nitrogen and oxygen atoms in total. The highest BCUT2D eigenvalue weighted by Crippen LogP contribution is 2.38. The van der Waals surface area contributed by atoms with Crippen molar-refractivity contribution in [3.8, 4) is 16.5 Å². The van der Waals surface area contributed by atoms with Crippen molar-refractivity contribution in [2.24, 2.45) is 5.92 Å². The van der Waals surface area contributed by atoms with E-state index in [-0.39, 0.29) is 12.0 Å². The second kappa shape index (κ2) is 9.89. The number of pyridine rings is 1. The van der Waals surface area contributed by atoms with Gasteiger partial charge in [-0.3, -0.25) is 0 Å². The lowest BCUT2D eigenvalue weighted by Crippen LogP contribution is -2.27. The van der Waals surface area contributed by atoms with E-state index in [0.717, 1.165) is 59.0 Å². The van der Waals surface area contributed by atoms with E-state index in [9.17, 15) is 8.42 Å². The quantitative estimate of drug-likeness (QED) is 0.288. The van der Waals surface area contributed by atoms with Gasteiger partial charge in [-0.25, -0.2) is 18.4 Å². The van der Waals surface area contributed by atoms with Crippen LogP contribution in [0.4, 0.5) is 0 Å². The maximum absolute atomic E-state index is 11.7. The number of fused-ring (bicyclic) bond motifs is 1. The second-order valence-corrected chi connectivity index (χ2v) is 12.8. The van der Waals surface area contributed by atoms with Gasteiger partial charge in [-0.15, -0.1) is 0 Å². The van der Waals surface area contributed by atoms with E-state index in [1.54, 1.807) is 24.3 Å². The van der Waals surface area contributed by atoms with Crippen molar-refractivity contribution in [3.05, 3.63) is 48.1 Å². The predicted molar refractivity (Wildman–Crippen MR) is 139 cm³/mol. The summed E-state index contributed by atoms with van der Waals surface area (Å²) in [5.74, 6) is 2.58. The van der Waals surface area contributed by atoms with Gasteiger partial charge in [-0.05, 0) is 62.8 Å². The fourth-order valence-corrected chi connectivity index (χ4v) is 6.12. The van der Waals surface area contributed by atoms with Crippen LogP contribution in [0.15, 0.2) is 45.8 Å². The minimum Gasteiger partial charge on any atom is -0.467 e. The Hall–Kier alpha value is -2.85. The van der Waals surface area contributed by atoms with Gasteiger partial charge in [0.15, 0.2) is 15.7 Å². The van der Waals surface area contributed by atoms with E-state index in [0.29, 0.717) is 21.9 Å². The molecule has 1 atom stereocenters. The molecular weight excluding hydrogens is 496 g/mol. The molecule has 36 heavy (non-hydrogen) atoms. The summed E-state index contributed by atoms with van der Waals surface area (Å²) in [6, 6.07) is 10.6. The van der Waals surface area contributed by atoms with E-state index < -0.39 is 9.84 Å². The van der Waals surface area contributed by atoms with E-state index in [1.807, 2.05) is 12.1 Å². The summed E-state index contributed by atoms with van der Waals surface area (Å²) >= 11 is 1.44. The van der Waals surface area contributed by atoms with Gasteiger partial charge in [-0.1, -0.05) is 42.5 Å². The number of sulfone groups is 1. The second-order valence-electron chi connectivity index (χ2n) is 9.88. The molecule has 4 aromatic rings. The summed E-state index contributed by atoms with van der Waals surface area (Å²) in [7, 11) is -3.23. The minimum absolute atomic E-state index is 0.0448. The zero-order valence-electron chi connectivity index (χ0n) is 20.8. The molecule has 0 aliphatic heterocycles. The lowest BCUT2D eigenvalue weighted by Gasteiger charge is -2.30. The Morgan fingerprint density at radius 2 is 1.69 bits per heavy atom. The molecule has 1 unspecified atom stereocenters. The number of hydrogen-bond donors (Lipinski definition) is 0. The Kier molecular flexibility index (Phi) is 6.82. The highest BCUT2D eigenvalue weighted by molar-refractivity contribution is 7.90. The van der Waals surface area contributed by atoms with Crippen molar-refractivity contribution in [2.45, 2.75) is 69.3 Å². The van der Waals surface area contributed by atoms with Crippen molar-refractivity contribution in [3.63, 3.8) is 0 Å². The third kappa shape index (κ3) is 5.29. The van der Waals surface area contributed by atoms with E-state index in [1.165, 1.54) is 17.6 Å². The number of ether oxygens (including phenoxy) is 1. The van der Waals surface area contributed by atoms with Gasteiger partial charge in [0.25, 0.3) is 5.19 Å². The van der Waals surface area contributed by atoms with Crippen LogP contribution in [0.5, 0.6) is 5.19 Å². The number of benzene rings is 1. The van der Waals surface area contributed by atoms with Crippen LogP contribution in [-0.2, 0) is 9.84 Å². The van der Waals surface area contributed by atoms with Gasteiger partial charge in [0.2, 0.25) is 5.89 Å². The first-order valence-electron chi connectivity index (χ1n) is 12.3. The van der Waals surface area contributed by atoms with Gasteiger partial charge in [0.05, 0.1) is 10.6 Å². The van der Waals surface area contributed by atoms with Crippen molar-refractivity contribution in [1.82, 2.24) is 20.1 Å². The van der Waals surface area contributed by atoms with Crippen molar-refractivity contribution >= 4 is 31.5 Å². The molecule has 3 aromatic heterocycles. The zero-order valence-corrected chi connectivity index (χ0v) is 22.5. The van der Waals surface area contributed by atoms with Crippen LogP contribution in [0.1, 0.15) is 70.0 Å². The van der Waals surface area contributed by atoms with Crippen LogP contribution < -0.4 is 4.74 Å². The Labute approximate surface area is 215 Å². The van der Waals surface area contributed by atoms with Crippen molar-refractivity contribution < 1.29 is 17.7 Å². The number of thiazole rings is 1. The summed E-state index contributed by atoms with van der Waals surface area (Å²) in [6.45, 7) is 6.25. The third-order valence-corrected chi connectivity index (χ3v) is 8.84. The molecule has 1 saturated carbocycles. The number of hydrogen-bond acceptors (Lipinski definition) is 9. The summed E-state index contributed by atoms with van der Waals surface area (Å²) < 4.78 is 35.2. The van der Waals surface area contributed by atoms with Crippen LogP contribution in [0.3, 0.4) is 0 Å². The third-order valence-electron chi connectivity index (χ3n) is 6.86. The van der Waals surface area contributed by atoms with Crippen LogP contribution in [0, 0.1) is 5.92 Å². The first kappa shape index (κ1) is 24.8. The molecule has 190 valence electrons. The van der Waals surface area contributed by atoms with Crippen LogP contribution >= 0.6 is 11.3 Å². The number of aromatic nitrogens is 4. The zero-order chi connectivity index (χ0) is 25.4. The van der Waals surface area contributed by atoms with Gasteiger partial charge in [0.1, 0.15) is 16.5 Å². The standard InChI is InChI=1S/C26H30N4O4S2/c1-15(2)23-29-24(34-30-23)19-7-5-17(6-8-19)16(3)33-26-28-22-14-13-21(27-25(22)35-26)18-9-11-20(12-10-18)36(4,31)32/h9-17,19H,5-8H2,1-4H3. The van der Waals surface area contributed by atoms with Crippen LogP contribution in [-0.4, -0.2) is 40.9 Å². The average Bonchev–Trinajstić information content (AvgIpc) is 3.50. The molecule has 1 fully saturated rings. The van der Waals surface area contributed by atoms with Gasteiger partial charge >= 0.3 is 0 Å².